The summed E-state index contributed by atoms with van der Waals surface area (Å²) in [7, 11) is 2.21. The number of hydrogen-bond acceptors (Lipinski definition) is 5. The molecule has 1 aromatic heterocycles. The molecule has 1 fully saturated rings. The summed E-state index contributed by atoms with van der Waals surface area (Å²) in [6, 6.07) is 0.657. The van der Waals surface area contributed by atoms with Gasteiger partial charge in [0.15, 0.2) is 5.13 Å². The number of rotatable bonds is 5. The molecule has 0 aliphatic carbocycles. The summed E-state index contributed by atoms with van der Waals surface area (Å²) in [6.07, 6.45) is 3.16. The van der Waals surface area contributed by atoms with Crippen molar-refractivity contribution in [1.29, 1.82) is 0 Å². The first-order valence-corrected chi connectivity index (χ1v) is 7.62. The van der Waals surface area contributed by atoms with E-state index in [0.29, 0.717) is 6.04 Å². The van der Waals surface area contributed by atoms with Gasteiger partial charge in [-0.05, 0) is 20.4 Å². The van der Waals surface area contributed by atoms with Crippen LogP contribution in [0.3, 0.4) is 0 Å². The number of anilines is 1. The van der Waals surface area contributed by atoms with Gasteiger partial charge in [0.2, 0.25) is 0 Å². The Labute approximate surface area is 114 Å². The summed E-state index contributed by atoms with van der Waals surface area (Å²) in [5, 5.41) is 4.41. The average molecular weight is 268 g/mol. The molecule has 0 bridgehead atoms. The number of hydrogen-bond donors (Lipinski definition) is 1. The Bertz CT molecular complexity index is 366. The molecule has 1 aliphatic heterocycles. The zero-order valence-electron chi connectivity index (χ0n) is 11.6. The summed E-state index contributed by atoms with van der Waals surface area (Å²) in [5.74, 6) is 0. The Balaban J connectivity index is 1.84. The van der Waals surface area contributed by atoms with E-state index in [-0.39, 0.29) is 0 Å². The minimum atomic E-state index is 0.657. The fourth-order valence-electron chi connectivity index (χ4n) is 2.18. The molecule has 0 amide bonds. The maximum atomic E-state index is 4.42. The van der Waals surface area contributed by atoms with Crippen LogP contribution in [0, 0.1) is 0 Å². The summed E-state index contributed by atoms with van der Waals surface area (Å²) in [5.41, 5.74) is 0. The highest BCUT2D eigenvalue weighted by Crippen LogP contribution is 2.20. The van der Waals surface area contributed by atoms with Crippen LogP contribution in [0.1, 0.15) is 25.1 Å². The van der Waals surface area contributed by atoms with E-state index in [4.69, 9.17) is 0 Å². The van der Waals surface area contributed by atoms with Crippen LogP contribution in [0.5, 0.6) is 0 Å². The second-order valence-electron chi connectivity index (χ2n) is 5.12. The van der Waals surface area contributed by atoms with E-state index < -0.39 is 0 Å². The Hall–Kier alpha value is -0.650. The number of nitrogens with one attached hydrogen (secondary N) is 1. The normalized spacial score (nSPS) is 22.3. The minimum Gasteiger partial charge on any atom is -0.362 e. The van der Waals surface area contributed by atoms with E-state index >= 15 is 0 Å². The minimum absolute atomic E-state index is 0.657. The SMILES string of the molecule is CCCNc1ncc(CN2CCN(C)C(C)C2)s1. The van der Waals surface area contributed by atoms with Crippen LogP contribution in [0.25, 0.3) is 0 Å². The van der Waals surface area contributed by atoms with E-state index in [1.165, 1.54) is 11.4 Å². The standard InChI is InChI=1S/C13H24N4S/c1-4-5-14-13-15-8-12(18-13)10-17-7-6-16(3)11(2)9-17/h8,11H,4-7,9-10H2,1-3H3,(H,14,15). The molecule has 2 heterocycles. The van der Waals surface area contributed by atoms with Crippen molar-refractivity contribution < 1.29 is 0 Å². The molecule has 2 rings (SSSR count). The highest BCUT2D eigenvalue weighted by atomic mass is 32.1. The number of thiazole rings is 1. The van der Waals surface area contributed by atoms with E-state index in [2.05, 4.69) is 41.0 Å². The first-order chi connectivity index (χ1) is 8.69. The quantitative estimate of drug-likeness (QED) is 0.886. The van der Waals surface area contributed by atoms with Crippen molar-refractivity contribution in [1.82, 2.24) is 14.8 Å². The Morgan fingerprint density at radius 3 is 3.06 bits per heavy atom. The zero-order chi connectivity index (χ0) is 13.0. The van der Waals surface area contributed by atoms with Crippen LogP contribution >= 0.6 is 11.3 Å². The third kappa shape index (κ3) is 3.67. The zero-order valence-corrected chi connectivity index (χ0v) is 12.5. The van der Waals surface area contributed by atoms with Crippen LogP contribution < -0.4 is 5.32 Å². The van der Waals surface area contributed by atoms with Gasteiger partial charge in [-0.25, -0.2) is 4.98 Å². The summed E-state index contributed by atoms with van der Waals surface area (Å²) < 4.78 is 0. The van der Waals surface area contributed by atoms with Gasteiger partial charge in [-0.3, -0.25) is 4.90 Å². The van der Waals surface area contributed by atoms with Crippen molar-refractivity contribution >= 4 is 16.5 Å². The lowest BCUT2D eigenvalue weighted by Crippen LogP contribution is -2.49. The highest BCUT2D eigenvalue weighted by Gasteiger charge is 2.20. The Morgan fingerprint density at radius 1 is 1.50 bits per heavy atom. The summed E-state index contributed by atoms with van der Waals surface area (Å²) in [6.45, 7) is 10.0. The van der Waals surface area contributed by atoms with Crippen LogP contribution in [-0.4, -0.2) is 54.1 Å². The van der Waals surface area contributed by atoms with Crippen molar-refractivity contribution in [3.8, 4) is 0 Å². The number of nitrogens with zero attached hydrogens (tertiary/aromatic N) is 3. The van der Waals surface area contributed by atoms with Crippen molar-refractivity contribution in [3.63, 3.8) is 0 Å². The first kappa shape index (κ1) is 13.8. The smallest absolute Gasteiger partial charge is 0.182 e. The second-order valence-corrected chi connectivity index (χ2v) is 6.24. The van der Waals surface area contributed by atoms with E-state index in [1.807, 2.05) is 6.20 Å². The fourth-order valence-corrected chi connectivity index (χ4v) is 3.06. The van der Waals surface area contributed by atoms with Gasteiger partial charge in [-0.15, -0.1) is 11.3 Å². The Morgan fingerprint density at radius 2 is 2.33 bits per heavy atom. The molecule has 0 spiro atoms. The van der Waals surface area contributed by atoms with Crippen LogP contribution in [0.15, 0.2) is 6.20 Å². The van der Waals surface area contributed by atoms with Gasteiger partial charge in [0.25, 0.3) is 0 Å². The molecule has 1 atom stereocenters. The molecule has 18 heavy (non-hydrogen) atoms. The lowest BCUT2D eigenvalue weighted by Gasteiger charge is -2.37. The van der Waals surface area contributed by atoms with Gasteiger partial charge in [0, 0.05) is 49.8 Å². The molecule has 1 aliphatic rings. The number of piperazine rings is 1. The largest absolute Gasteiger partial charge is 0.362 e. The van der Waals surface area contributed by atoms with Gasteiger partial charge in [0.1, 0.15) is 0 Å². The van der Waals surface area contributed by atoms with E-state index in [1.54, 1.807) is 11.3 Å². The fraction of sp³-hybridized carbons (Fsp3) is 0.769. The molecular formula is C13H24N4S. The van der Waals surface area contributed by atoms with Gasteiger partial charge < -0.3 is 10.2 Å². The predicted molar refractivity (Wildman–Crippen MR) is 78.3 cm³/mol. The molecule has 4 nitrogen and oxygen atoms in total. The third-order valence-electron chi connectivity index (χ3n) is 3.50. The Kier molecular flexibility index (Phi) is 4.97. The second kappa shape index (κ2) is 6.50. The van der Waals surface area contributed by atoms with Gasteiger partial charge in [-0.2, -0.15) is 0 Å². The monoisotopic (exact) mass is 268 g/mol. The molecular weight excluding hydrogens is 244 g/mol. The topological polar surface area (TPSA) is 31.4 Å². The van der Waals surface area contributed by atoms with Crippen LogP contribution in [0.2, 0.25) is 0 Å². The number of likely N-dealkylation sites (N-methyl/N-ethyl adjacent to an activating group) is 1. The lowest BCUT2D eigenvalue weighted by atomic mass is 10.2. The van der Waals surface area contributed by atoms with Crippen molar-refractivity contribution in [3.05, 3.63) is 11.1 Å². The molecule has 102 valence electrons. The average Bonchev–Trinajstić information content (AvgIpc) is 2.79. The molecule has 1 N–H and O–H groups in total. The van der Waals surface area contributed by atoms with Gasteiger partial charge >= 0.3 is 0 Å². The summed E-state index contributed by atoms with van der Waals surface area (Å²) in [4.78, 5) is 10.7. The maximum Gasteiger partial charge on any atom is 0.182 e. The number of aromatic nitrogens is 1. The van der Waals surface area contributed by atoms with Gasteiger partial charge in [0.05, 0.1) is 0 Å². The highest BCUT2D eigenvalue weighted by molar-refractivity contribution is 7.15. The molecule has 1 saturated heterocycles. The molecule has 0 saturated carbocycles. The van der Waals surface area contributed by atoms with Gasteiger partial charge in [-0.1, -0.05) is 6.92 Å². The molecule has 5 heteroatoms. The van der Waals surface area contributed by atoms with Crippen LogP contribution in [-0.2, 0) is 6.54 Å². The van der Waals surface area contributed by atoms with Crippen LogP contribution in [0.4, 0.5) is 5.13 Å². The first-order valence-electron chi connectivity index (χ1n) is 6.80. The maximum absolute atomic E-state index is 4.42. The predicted octanol–water partition coefficient (Wildman–Crippen LogP) is 2.10. The summed E-state index contributed by atoms with van der Waals surface area (Å²) >= 11 is 1.79. The molecule has 0 radical (unpaired) electrons. The lowest BCUT2D eigenvalue weighted by molar-refractivity contribution is 0.101. The van der Waals surface area contributed by atoms with E-state index in [0.717, 1.165) is 37.7 Å². The third-order valence-corrected chi connectivity index (χ3v) is 4.44. The van der Waals surface area contributed by atoms with E-state index in [9.17, 15) is 0 Å². The van der Waals surface area contributed by atoms with Crippen molar-refractivity contribution in [2.24, 2.45) is 0 Å². The molecule has 1 unspecified atom stereocenters. The van der Waals surface area contributed by atoms with Crippen molar-refractivity contribution in [2.45, 2.75) is 32.9 Å². The van der Waals surface area contributed by atoms with Crippen molar-refractivity contribution in [2.75, 3.05) is 38.5 Å². The molecule has 1 aromatic rings. The molecule has 0 aromatic carbocycles.